The molecule has 1 aromatic rings. The number of rotatable bonds is 6. The second-order valence-electron chi connectivity index (χ2n) is 7.88. The van der Waals surface area contributed by atoms with Crippen LogP contribution < -0.4 is 0 Å². The summed E-state index contributed by atoms with van der Waals surface area (Å²) in [6.07, 6.45) is 2.69. The quantitative estimate of drug-likeness (QED) is 0.742. The van der Waals surface area contributed by atoms with Crippen LogP contribution in [0, 0.1) is 17.6 Å². The molecule has 0 unspecified atom stereocenters. The lowest BCUT2D eigenvalue weighted by molar-refractivity contribution is 0.0206. The van der Waals surface area contributed by atoms with Crippen molar-refractivity contribution in [3.63, 3.8) is 0 Å². The molecule has 0 amide bonds. The van der Waals surface area contributed by atoms with Gasteiger partial charge in [-0.1, -0.05) is 11.6 Å². The van der Waals surface area contributed by atoms with Gasteiger partial charge < -0.3 is 10.0 Å². The van der Waals surface area contributed by atoms with Gasteiger partial charge in [-0.15, -0.1) is 0 Å². The van der Waals surface area contributed by atoms with Crippen LogP contribution in [0.2, 0.25) is 5.02 Å². The summed E-state index contributed by atoms with van der Waals surface area (Å²) in [7, 11) is 2.15. The molecule has 2 saturated heterocycles. The van der Waals surface area contributed by atoms with Crippen LogP contribution in [-0.4, -0.2) is 78.8 Å². The monoisotopic (exact) mass is 401 g/mol. The van der Waals surface area contributed by atoms with E-state index in [-0.39, 0.29) is 23.7 Å². The maximum Gasteiger partial charge on any atom is 0.149 e. The largest absolute Gasteiger partial charge is 0.396 e. The van der Waals surface area contributed by atoms with E-state index in [4.69, 9.17) is 11.6 Å². The summed E-state index contributed by atoms with van der Waals surface area (Å²) in [4.78, 5) is 7.05. The van der Waals surface area contributed by atoms with Crippen molar-refractivity contribution in [3.8, 4) is 0 Å². The number of hydrogen-bond acceptors (Lipinski definition) is 4. The number of aliphatic hydroxyl groups is 1. The summed E-state index contributed by atoms with van der Waals surface area (Å²) in [6, 6.07) is 2.98. The van der Waals surface area contributed by atoms with Crippen molar-refractivity contribution in [1.29, 1.82) is 0 Å². The van der Waals surface area contributed by atoms with Crippen molar-refractivity contribution in [1.82, 2.24) is 14.7 Å². The zero-order valence-corrected chi connectivity index (χ0v) is 16.8. The molecular formula is C20H30ClF2N3O. The molecule has 2 atom stereocenters. The van der Waals surface area contributed by atoms with Crippen LogP contribution >= 0.6 is 11.6 Å². The van der Waals surface area contributed by atoms with Crippen LogP contribution in [0.5, 0.6) is 0 Å². The maximum absolute atomic E-state index is 14.3. The summed E-state index contributed by atoms with van der Waals surface area (Å²) >= 11 is 5.84. The number of piperazine rings is 1. The summed E-state index contributed by atoms with van der Waals surface area (Å²) in [5, 5.41) is 9.25. The van der Waals surface area contributed by atoms with Crippen molar-refractivity contribution < 1.29 is 13.9 Å². The highest BCUT2D eigenvalue weighted by Crippen LogP contribution is 2.29. The van der Waals surface area contributed by atoms with E-state index >= 15 is 0 Å². The molecule has 7 heteroatoms. The zero-order valence-electron chi connectivity index (χ0n) is 16.0. The molecule has 4 nitrogen and oxygen atoms in total. The van der Waals surface area contributed by atoms with E-state index in [1.165, 1.54) is 12.1 Å². The fourth-order valence-electron chi connectivity index (χ4n) is 4.45. The first-order valence-electron chi connectivity index (χ1n) is 9.87. The van der Waals surface area contributed by atoms with E-state index in [2.05, 4.69) is 21.7 Å². The van der Waals surface area contributed by atoms with Crippen molar-refractivity contribution in [2.75, 3.05) is 52.9 Å². The van der Waals surface area contributed by atoms with Crippen LogP contribution in [0.1, 0.15) is 24.8 Å². The van der Waals surface area contributed by atoms with Gasteiger partial charge in [0.1, 0.15) is 11.6 Å². The van der Waals surface area contributed by atoms with Crippen LogP contribution in [0.4, 0.5) is 8.78 Å². The predicted octanol–water partition coefficient (Wildman–Crippen LogP) is 2.83. The Morgan fingerprint density at radius 1 is 1.15 bits per heavy atom. The van der Waals surface area contributed by atoms with Gasteiger partial charge in [0, 0.05) is 64.0 Å². The molecule has 2 fully saturated rings. The van der Waals surface area contributed by atoms with Gasteiger partial charge in [0.25, 0.3) is 0 Å². The number of likely N-dealkylation sites (tertiary alicyclic amines) is 1. The van der Waals surface area contributed by atoms with Crippen LogP contribution in [0.15, 0.2) is 12.1 Å². The minimum atomic E-state index is -0.648. The number of likely N-dealkylation sites (N-methyl/N-ethyl adjacent to an activating group) is 1. The third-order valence-electron chi connectivity index (χ3n) is 6.04. The fraction of sp³-hybridized carbons (Fsp3) is 0.700. The lowest BCUT2D eigenvalue weighted by Crippen LogP contribution is -2.56. The first-order chi connectivity index (χ1) is 13.0. The Bertz CT molecular complexity index is 625. The van der Waals surface area contributed by atoms with Crippen LogP contribution in [-0.2, 0) is 6.54 Å². The summed E-state index contributed by atoms with van der Waals surface area (Å²) < 4.78 is 28.4. The Morgan fingerprint density at radius 2 is 1.89 bits per heavy atom. The van der Waals surface area contributed by atoms with Crippen molar-refractivity contribution in [2.24, 2.45) is 5.92 Å². The predicted molar refractivity (Wildman–Crippen MR) is 104 cm³/mol. The van der Waals surface area contributed by atoms with Gasteiger partial charge in [0.2, 0.25) is 0 Å². The van der Waals surface area contributed by atoms with Gasteiger partial charge in [-0.2, -0.15) is 0 Å². The topological polar surface area (TPSA) is 30.0 Å². The van der Waals surface area contributed by atoms with Gasteiger partial charge >= 0.3 is 0 Å². The number of nitrogens with zero attached hydrogens (tertiary/aromatic N) is 3. The minimum absolute atomic E-state index is 0.0319. The molecule has 1 aromatic carbocycles. The average molecular weight is 402 g/mol. The SMILES string of the molecule is CN1CCN([C@@H]2CCN(Cc3c(F)ccc(Cl)c3F)C[C@@H]2CCCO)CC1. The standard InChI is InChI=1S/C20H30ClF2N3O/c1-24-8-10-26(11-9-24)19-6-7-25(13-15(19)3-2-12-27)14-16-18(22)5-4-17(21)20(16)23/h4-5,15,19,27H,2-3,6-14H2,1H3/t15-,19+/m0/s1. The number of piperidine rings is 1. The Balaban J connectivity index is 1.68. The Kier molecular flexibility index (Phi) is 7.45. The number of aliphatic hydroxyl groups excluding tert-OH is 1. The van der Waals surface area contributed by atoms with Crippen molar-refractivity contribution in [2.45, 2.75) is 31.8 Å². The molecule has 2 heterocycles. The molecular weight excluding hydrogens is 372 g/mol. The highest BCUT2D eigenvalue weighted by molar-refractivity contribution is 6.30. The second-order valence-corrected chi connectivity index (χ2v) is 8.29. The molecule has 0 radical (unpaired) electrons. The fourth-order valence-corrected chi connectivity index (χ4v) is 4.62. The molecule has 3 rings (SSSR count). The Hall–Kier alpha value is -0.790. The Morgan fingerprint density at radius 3 is 2.59 bits per heavy atom. The van der Waals surface area contributed by atoms with E-state index in [9.17, 15) is 13.9 Å². The number of benzene rings is 1. The zero-order chi connectivity index (χ0) is 19.4. The lowest BCUT2D eigenvalue weighted by atomic mass is 9.86. The smallest absolute Gasteiger partial charge is 0.149 e. The molecule has 0 spiro atoms. The molecule has 1 N–H and O–H groups in total. The normalized spacial score (nSPS) is 25.8. The second kappa shape index (κ2) is 9.61. The van der Waals surface area contributed by atoms with Crippen LogP contribution in [0.3, 0.4) is 0 Å². The first-order valence-corrected chi connectivity index (χ1v) is 10.3. The third kappa shape index (κ3) is 5.18. The Labute approximate surface area is 165 Å². The van der Waals surface area contributed by atoms with Crippen LogP contribution in [0.25, 0.3) is 0 Å². The summed E-state index contributed by atoms with van der Waals surface area (Å²) in [6.45, 7) is 6.31. The maximum atomic E-state index is 14.3. The van der Waals surface area contributed by atoms with Crippen molar-refractivity contribution >= 4 is 11.6 Å². The molecule has 27 heavy (non-hydrogen) atoms. The highest BCUT2D eigenvalue weighted by Gasteiger charge is 2.34. The first kappa shape index (κ1) is 20.9. The van der Waals surface area contributed by atoms with Crippen molar-refractivity contribution in [3.05, 3.63) is 34.4 Å². The van der Waals surface area contributed by atoms with Gasteiger partial charge in [-0.25, -0.2) is 8.78 Å². The van der Waals surface area contributed by atoms with E-state index in [0.29, 0.717) is 12.0 Å². The van der Waals surface area contributed by atoms with Gasteiger partial charge in [-0.3, -0.25) is 9.80 Å². The molecule has 0 bridgehead atoms. The summed E-state index contributed by atoms with van der Waals surface area (Å²) in [5.41, 5.74) is 0.0569. The van der Waals surface area contributed by atoms with E-state index in [1.54, 1.807) is 0 Å². The summed E-state index contributed by atoms with van der Waals surface area (Å²) in [5.74, 6) is -0.783. The molecule has 0 aromatic heterocycles. The molecule has 2 aliphatic heterocycles. The van der Waals surface area contributed by atoms with E-state index in [0.717, 1.165) is 58.5 Å². The average Bonchev–Trinajstić information content (AvgIpc) is 2.67. The third-order valence-corrected chi connectivity index (χ3v) is 6.33. The van der Waals surface area contributed by atoms with E-state index < -0.39 is 11.6 Å². The van der Waals surface area contributed by atoms with E-state index in [1.807, 2.05) is 0 Å². The molecule has 152 valence electrons. The van der Waals surface area contributed by atoms with Gasteiger partial charge in [-0.05, 0) is 44.4 Å². The van der Waals surface area contributed by atoms with Gasteiger partial charge in [0.15, 0.2) is 0 Å². The lowest BCUT2D eigenvalue weighted by Gasteiger charge is -2.46. The molecule has 0 aliphatic carbocycles. The van der Waals surface area contributed by atoms with Gasteiger partial charge in [0.05, 0.1) is 5.02 Å². The molecule has 0 saturated carbocycles. The number of hydrogen-bond donors (Lipinski definition) is 1. The highest BCUT2D eigenvalue weighted by atomic mass is 35.5. The molecule has 2 aliphatic rings. The minimum Gasteiger partial charge on any atom is -0.396 e. The number of halogens is 3.